The van der Waals surface area contributed by atoms with Gasteiger partial charge in [-0.15, -0.1) is 0 Å². The van der Waals surface area contributed by atoms with Gasteiger partial charge in [-0.1, -0.05) is 30.8 Å². The Hall–Kier alpha value is -4.56. The average Bonchev–Trinajstić information content (AvgIpc) is 2.95. The van der Waals surface area contributed by atoms with Gasteiger partial charge in [-0.25, -0.2) is 9.78 Å². The van der Waals surface area contributed by atoms with E-state index in [0.29, 0.717) is 22.0 Å². The lowest BCUT2D eigenvalue weighted by atomic mass is 10.0. The van der Waals surface area contributed by atoms with Crippen molar-refractivity contribution in [1.82, 2.24) is 15.2 Å². The third kappa shape index (κ3) is 8.05. The van der Waals surface area contributed by atoms with Gasteiger partial charge in [0.2, 0.25) is 0 Å². The lowest BCUT2D eigenvalue weighted by molar-refractivity contribution is -0.0495. The van der Waals surface area contributed by atoms with Crippen molar-refractivity contribution < 1.29 is 27.8 Å². The number of ether oxygens (including phenoxy) is 2. The third-order valence-electron chi connectivity index (χ3n) is 6.89. The van der Waals surface area contributed by atoms with Crippen molar-refractivity contribution >= 4 is 28.5 Å². The van der Waals surface area contributed by atoms with E-state index in [9.17, 15) is 23.6 Å². The normalized spacial score (nSPS) is 14.3. The van der Waals surface area contributed by atoms with E-state index in [0.717, 1.165) is 30.8 Å². The first-order valence-corrected chi connectivity index (χ1v) is 13.9. The summed E-state index contributed by atoms with van der Waals surface area (Å²) in [5.41, 5.74) is 0.358. The number of amides is 2. The summed E-state index contributed by atoms with van der Waals surface area (Å²) in [5.74, 6) is -0.563. The number of benzene rings is 2. The standard InChI is InChI=1S/C32H35F2N5O4/c1-20(18-35)19-39(31(41)43-32(2,3)4)28-24-17-22(10-9-21(24)11-12-27(28)42-30(33)34)25-7-6-8-26(37-25)29(40)36-23-13-15-38(5)16-14-23/h6-12,17,23,30H,1,13-16,19H2,2-5H3,(H,36,40). The number of fused-ring (bicyclic) bond motifs is 1. The number of aromatic nitrogens is 1. The number of pyridine rings is 1. The molecule has 1 aromatic heterocycles. The van der Waals surface area contributed by atoms with Crippen LogP contribution < -0.4 is 15.0 Å². The summed E-state index contributed by atoms with van der Waals surface area (Å²) in [6, 6.07) is 15.2. The predicted molar refractivity (Wildman–Crippen MR) is 160 cm³/mol. The van der Waals surface area contributed by atoms with Gasteiger partial charge in [0.05, 0.1) is 24.0 Å². The maximum Gasteiger partial charge on any atom is 0.415 e. The summed E-state index contributed by atoms with van der Waals surface area (Å²) in [7, 11) is 2.05. The molecule has 1 saturated heterocycles. The minimum Gasteiger partial charge on any atom is -0.443 e. The van der Waals surface area contributed by atoms with Gasteiger partial charge < -0.3 is 19.7 Å². The lowest BCUT2D eigenvalue weighted by Crippen LogP contribution is -2.43. The molecule has 0 radical (unpaired) electrons. The molecule has 1 aliphatic rings. The molecule has 4 rings (SSSR count). The predicted octanol–water partition coefficient (Wildman–Crippen LogP) is 6.15. The van der Waals surface area contributed by atoms with E-state index in [1.54, 1.807) is 63.2 Å². The topological polar surface area (TPSA) is 108 Å². The Morgan fingerprint density at radius 1 is 1.19 bits per heavy atom. The van der Waals surface area contributed by atoms with Crippen molar-refractivity contribution in [3.63, 3.8) is 0 Å². The summed E-state index contributed by atoms with van der Waals surface area (Å²) >= 11 is 0. The highest BCUT2D eigenvalue weighted by Crippen LogP contribution is 2.40. The quantitative estimate of drug-likeness (QED) is 0.313. The molecule has 11 heteroatoms. The summed E-state index contributed by atoms with van der Waals surface area (Å²) in [6.07, 6.45) is 0.835. The average molecular weight is 592 g/mol. The van der Waals surface area contributed by atoms with Gasteiger partial charge in [0.15, 0.2) is 5.75 Å². The van der Waals surface area contributed by atoms with Gasteiger partial charge in [-0.3, -0.25) is 9.69 Å². The van der Waals surface area contributed by atoms with E-state index < -0.39 is 18.3 Å². The van der Waals surface area contributed by atoms with Gasteiger partial charge >= 0.3 is 12.7 Å². The fourth-order valence-corrected chi connectivity index (χ4v) is 4.82. The van der Waals surface area contributed by atoms with E-state index in [-0.39, 0.29) is 41.2 Å². The maximum atomic E-state index is 13.5. The van der Waals surface area contributed by atoms with E-state index >= 15 is 0 Å². The second-order valence-electron chi connectivity index (χ2n) is 11.5. The van der Waals surface area contributed by atoms with E-state index in [4.69, 9.17) is 9.47 Å². The number of anilines is 1. The van der Waals surface area contributed by atoms with Crippen molar-refractivity contribution in [2.45, 2.75) is 51.9 Å². The zero-order valence-corrected chi connectivity index (χ0v) is 24.7. The summed E-state index contributed by atoms with van der Waals surface area (Å²) < 4.78 is 37.5. The molecule has 2 aromatic carbocycles. The van der Waals surface area contributed by atoms with Crippen LogP contribution >= 0.6 is 0 Å². The van der Waals surface area contributed by atoms with E-state index in [1.165, 1.54) is 6.07 Å². The molecule has 0 bridgehead atoms. The van der Waals surface area contributed by atoms with E-state index in [1.807, 2.05) is 13.1 Å². The van der Waals surface area contributed by atoms with Crippen molar-refractivity contribution in [2.24, 2.45) is 0 Å². The Morgan fingerprint density at radius 2 is 1.88 bits per heavy atom. The van der Waals surface area contributed by atoms with Crippen LogP contribution in [0.2, 0.25) is 0 Å². The highest BCUT2D eigenvalue weighted by molar-refractivity contribution is 6.06. The Labute approximate surface area is 249 Å². The second kappa shape index (κ2) is 13.2. The minimum atomic E-state index is -3.18. The van der Waals surface area contributed by atoms with Crippen LogP contribution in [0.3, 0.4) is 0 Å². The van der Waals surface area contributed by atoms with Gasteiger partial charge in [0.25, 0.3) is 5.91 Å². The van der Waals surface area contributed by atoms with Crippen molar-refractivity contribution in [3.05, 3.63) is 66.4 Å². The molecule has 9 nitrogen and oxygen atoms in total. The van der Waals surface area contributed by atoms with Crippen LogP contribution in [0.4, 0.5) is 19.3 Å². The highest BCUT2D eigenvalue weighted by atomic mass is 19.3. The van der Waals surface area contributed by atoms with Gasteiger partial charge in [0, 0.05) is 22.6 Å². The van der Waals surface area contributed by atoms with Crippen molar-refractivity contribution in [2.75, 3.05) is 31.6 Å². The summed E-state index contributed by atoms with van der Waals surface area (Å²) in [5, 5.41) is 13.5. The first-order chi connectivity index (χ1) is 20.3. The van der Waals surface area contributed by atoms with Crippen LogP contribution in [0.15, 0.2) is 60.7 Å². The summed E-state index contributed by atoms with van der Waals surface area (Å²) in [6.45, 7) is 6.98. The number of carbonyl (C=O) groups excluding carboxylic acids is 2. The Morgan fingerprint density at radius 3 is 2.53 bits per heavy atom. The number of alkyl halides is 2. The fraction of sp³-hybridized carbons (Fsp3) is 0.375. The van der Waals surface area contributed by atoms with E-state index in [2.05, 4.69) is 21.8 Å². The number of nitriles is 1. The Balaban J connectivity index is 1.79. The second-order valence-corrected chi connectivity index (χ2v) is 11.5. The van der Waals surface area contributed by atoms with Gasteiger partial charge in [-0.05, 0) is 83.4 Å². The molecular weight excluding hydrogens is 556 g/mol. The number of nitrogens with zero attached hydrogens (tertiary/aromatic N) is 4. The molecule has 2 amide bonds. The zero-order chi connectivity index (χ0) is 31.3. The number of rotatable bonds is 8. The van der Waals surface area contributed by atoms with Crippen LogP contribution in [0, 0.1) is 11.3 Å². The Bertz CT molecular complexity index is 1560. The maximum absolute atomic E-state index is 13.5. The number of nitrogens with one attached hydrogen (secondary N) is 1. The molecule has 1 aliphatic heterocycles. The van der Waals surface area contributed by atoms with Crippen LogP contribution in [0.5, 0.6) is 5.75 Å². The first kappa shape index (κ1) is 31.4. The monoisotopic (exact) mass is 591 g/mol. The molecule has 0 saturated carbocycles. The molecular formula is C32H35F2N5O4. The number of likely N-dealkylation sites (tertiary alicyclic amines) is 1. The smallest absolute Gasteiger partial charge is 0.415 e. The minimum absolute atomic E-state index is 0.00649. The largest absolute Gasteiger partial charge is 0.443 e. The van der Waals surface area contributed by atoms with Crippen LogP contribution in [0.25, 0.3) is 22.0 Å². The molecule has 3 aromatic rings. The molecule has 226 valence electrons. The zero-order valence-electron chi connectivity index (χ0n) is 24.7. The molecule has 0 aliphatic carbocycles. The Kier molecular flexibility index (Phi) is 9.61. The molecule has 0 spiro atoms. The molecule has 0 unspecified atom stereocenters. The van der Waals surface area contributed by atoms with Crippen LogP contribution in [-0.2, 0) is 4.74 Å². The SMILES string of the molecule is C=C(C#N)CN(C(=O)OC(C)(C)C)c1c(OC(F)F)ccc2ccc(-c3cccc(C(=O)NC4CCN(C)CC4)n3)cc12. The number of piperidine rings is 1. The molecule has 1 fully saturated rings. The van der Waals surface area contributed by atoms with Crippen LogP contribution in [-0.4, -0.2) is 66.8 Å². The number of hydrogen-bond donors (Lipinski definition) is 1. The molecule has 1 N–H and O–H groups in total. The fourth-order valence-electron chi connectivity index (χ4n) is 4.82. The molecule has 2 heterocycles. The molecule has 43 heavy (non-hydrogen) atoms. The van der Waals surface area contributed by atoms with Crippen molar-refractivity contribution in [1.29, 1.82) is 5.26 Å². The molecule has 0 atom stereocenters. The van der Waals surface area contributed by atoms with Crippen LogP contribution in [0.1, 0.15) is 44.1 Å². The lowest BCUT2D eigenvalue weighted by Gasteiger charge is -2.29. The number of halogens is 2. The third-order valence-corrected chi connectivity index (χ3v) is 6.89. The van der Waals surface area contributed by atoms with Gasteiger partial charge in [0.1, 0.15) is 11.3 Å². The number of hydrogen-bond acceptors (Lipinski definition) is 7. The van der Waals surface area contributed by atoms with Gasteiger partial charge in [-0.2, -0.15) is 14.0 Å². The number of carbonyl (C=O) groups is 2. The van der Waals surface area contributed by atoms with Crippen molar-refractivity contribution in [3.8, 4) is 23.1 Å². The highest BCUT2D eigenvalue weighted by Gasteiger charge is 2.29. The summed E-state index contributed by atoms with van der Waals surface area (Å²) in [4.78, 5) is 34.3. The first-order valence-electron chi connectivity index (χ1n) is 13.9.